The fraction of sp³-hybridized carbons (Fsp3) is 0.312. The molecule has 0 aromatic carbocycles. The van der Waals surface area contributed by atoms with Gasteiger partial charge in [-0.05, 0) is 24.6 Å². The maximum atomic E-state index is 12.8. The van der Waals surface area contributed by atoms with Gasteiger partial charge in [0, 0.05) is 11.3 Å². The number of fused-ring (bicyclic) bond motifs is 1. The van der Waals surface area contributed by atoms with E-state index in [0.717, 1.165) is 16.1 Å². The second kappa shape index (κ2) is 6.00. The predicted molar refractivity (Wildman–Crippen MR) is 87.4 cm³/mol. The summed E-state index contributed by atoms with van der Waals surface area (Å²) < 4.78 is 6.81. The normalized spacial score (nSPS) is 11.2. The monoisotopic (exact) mass is 332 g/mol. The highest BCUT2D eigenvalue weighted by molar-refractivity contribution is 7.18. The Labute approximate surface area is 136 Å². The lowest BCUT2D eigenvalue weighted by Crippen LogP contribution is -2.25. The minimum atomic E-state index is -1.13. The van der Waals surface area contributed by atoms with Gasteiger partial charge in [0.05, 0.1) is 11.9 Å². The lowest BCUT2D eigenvalue weighted by molar-refractivity contribution is 0.0660. The van der Waals surface area contributed by atoms with E-state index in [0.29, 0.717) is 23.4 Å². The van der Waals surface area contributed by atoms with E-state index in [-0.39, 0.29) is 17.9 Å². The zero-order valence-corrected chi connectivity index (χ0v) is 13.6. The van der Waals surface area contributed by atoms with Crippen LogP contribution >= 0.6 is 11.3 Å². The number of nitrogens with zero attached hydrogens (tertiary/aromatic N) is 2. The highest BCUT2D eigenvalue weighted by Gasteiger charge is 2.15. The number of thiophene rings is 1. The first kappa shape index (κ1) is 15.5. The fourth-order valence-corrected chi connectivity index (χ4v) is 3.43. The molecule has 0 saturated heterocycles. The molecular weight excluding hydrogens is 316 g/mol. The van der Waals surface area contributed by atoms with Gasteiger partial charge in [-0.15, -0.1) is 11.3 Å². The number of hydrogen-bond acceptors (Lipinski definition) is 5. The van der Waals surface area contributed by atoms with Crippen molar-refractivity contribution < 1.29 is 14.3 Å². The van der Waals surface area contributed by atoms with E-state index in [2.05, 4.69) is 4.98 Å². The lowest BCUT2D eigenvalue weighted by Gasteiger charge is -2.09. The van der Waals surface area contributed by atoms with Crippen LogP contribution in [0.2, 0.25) is 0 Å². The molecule has 3 aromatic heterocycles. The summed E-state index contributed by atoms with van der Waals surface area (Å²) in [5, 5.41) is 9.52. The lowest BCUT2D eigenvalue weighted by atomic mass is 10.3. The second-order valence-corrected chi connectivity index (χ2v) is 6.24. The summed E-state index contributed by atoms with van der Waals surface area (Å²) in [5.74, 6) is -0.172. The minimum absolute atomic E-state index is 0.115. The molecule has 0 aliphatic heterocycles. The standard InChI is InChI=1S/C16H16N2O4S/c1-3-10-7-11-14(23-10)17-13(4-2)18(15(11)19)8-9-5-6-12(22-9)16(20)21/h5-7H,3-4,8H2,1-2H3,(H,20,21). The Hall–Kier alpha value is -2.41. The number of carboxylic acids is 1. The van der Waals surface area contributed by atoms with Crippen LogP contribution in [0.5, 0.6) is 0 Å². The quantitative estimate of drug-likeness (QED) is 0.776. The molecule has 3 rings (SSSR count). The zero-order valence-electron chi connectivity index (χ0n) is 12.8. The molecule has 23 heavy (non-hydrogen) atoms. The number of aryl methyl sites for hydroxylation is 2. The SMILES string of the molecule is CCc1cc2c(=O)n(Cc3ccc(C(=O)O)o3)c(CC)nc2s1. The number of rotatable bonds is 5. The van der Waals surface area contributed by atoms with Crippen molar-refractivity contribution in [1.29, 1.82) is 0 Å². The Morgan fingerprint density at radius 3 is 2.74 bits per heavy atom. The molecule has 0 unspecified atom stereocenters. The van der Waals surface area contributed by atoms with Crippen molar-refractivity contribution in [2.75, 3.05) is 0 Å². The van der Waals surface area contributed by atoms with Crippen molar-refractivity contribution in [2.45, 2.75) is 33.2 Å². The number of carbonyl (C=O) groups is 1. The van der Waals surface area contributed by atoms with Crippen LogP contribution < -0.4 is 5.56 Å². The van der Waals surface area contributed by atoms with Crippen molar-refractivity contribution in [3.05, 3.63) is 50.8 Å². The molecule has 3 heterocycles. The van der Waals surface area contributed by atoms with E-state index < -0.39 is 5.97 Å². The van der Waals surface area contributed by atoms with E-state index in [9.17, 15) is 9.59 Å². The Morgan fingerprint density at radius 1 is 1.35 bits per heavy atom. The maximum Gasteiger partial charge on any atom is 0.371 e. The van der Waals surface area contributed by atoms with Crippen molar-refractivity contribution in [3.8, 4) is 0 Å². The third-order valence-corrected chi connectivity index (χ3v) is 4.81. The average molecular weight is 332 g/mol. The summed E-state index contributed by atoms with van der Waals surface area (Å²) in [4.78, 5) is 30.1. The zero-order chi connectivity index (χ0) is 16.6. The van der Waals surface area contributed by atoms with E-state index >= 15 is 0 Å². The number of aromatic carboxylic acids is 1. The smallest absolute Gasteiger partial charge is 0.371 e. The number of aromatic nitrogens is 2. The fourth-order valence-electron chi connectivity index (χ4n) is 2.45. The molecule has 1 N–H and O–H groups in total. The van der Waals surface area contributed by atoms with Gasteiger partial charge in [-0.25, -0.2) is 9.78 Å². The first-order chi connectivity index (χ1) is 11.0. The van der Waals surface area contributed by atoms with Crippen LogP contribution in [0.4, 0.5) is 0 Å². The third kappa shape index (κ3) is 2.79. The van der Waals surface area contributed by atoms with Gasteiger partial charge in [-0.2, -0.15) is 0 Å². The van der Waals surface area contributed by atoms with Gasteiger partial charge in [0.1, 0.15) is 16.4 Å². The molecule has 0 radical (unpaired) electrons. The number of furan rings is 1. The van der Waals surface area contributed by atoms with Crippen LogP contribution in [0.1, 0.15) is 40.9 Å². The summed E-state index contributed by atoms with van der Waals surface area (Å²) in [7, 11) is 0. The molecule has 7 heteroatoms. The van der Waals surface area contributed by atoms with Crippen LogP contribution in [0.15, 0.2) is 27.4 Å². The average Bonchev–Trinajstić information content (AvgIpc) is 3.16. The summed E-state index contributed by atoms with van der Waals surface area (Å²) in [5.41, 5.74) is -0.115. The van der Waals surface area contributed by atoms with Gasteiger partial charge < -0.3 is 9.52 Å². The van der Waals surface area contributed by atoms with E-state index in [1.54, 1.807) is 10.6 Å². The number of carboxylic acid groups (broad SMARTS) is 1. The van der Waals surface area contributed by atoms with Crippen LogP contribution in [-0.2, 0) is 19.4 Å². The van der Waals surface area contributed by atoms with Gasteiger partial charge in [0.25, 0.3) is 5.56 Å². The van der Waals surface area contributed by atoms with Gasteiger partial charge in [0.15, 0.2) is 0 Å². The summed E-state index contributed by atoms with van der Waals surface area (Å²) in [6, 6.07) is 4.85. The Kier molecular flexibility index (Phi) is 4.04. The van der Waals surface area contributed by atoms with E-state index in [1.165, 1.54) is 17.4 Å². The molecule has 120 valence electrons. The molecule has 0 saturated carbocycles. The Morgan fingerprint density at radius 2 is 2.13 bits per heavy atom. The van der Waals surface area contributed by atoms with Crippen LogP contribution in [0.3, 0.4) is 0 Å². The molecule has 0 bridgehead atoms. The molecule has 0 aliphatic rings. The predicted octanol–water partition coefficient (Wildman–Crippen LogP) is 2.92. The minimum Gasteiger partial charge on any atom is -0.475 e. The first-order valence-electron chi connectivity index (χ1n) is 7.37. The Balaban J connectivity index is 2.09. The van der Waals surface area contributed by atoms with Crippen molar-refractivity contribution in [1.82, 2.24) is 9.55 Å². The van der Waals surface area contributed by atoms with Gasteiger partial charge in [-0.3, -0.25) is 9.36 Å². The van der Waals surface area contributed by atoms with Crippen LogP contribution in [0, 0.1) is 0 Å². The Bertz CT molecular complexity index is 935. The van der Waals surface area contributed by atoms with Crippen molar-refractivity contribution >= 4 is 27.5 Å². The molecule has 3 aromatic rings. The summed E-state index contributed by atoms with van der Waals surface area (Å²) in [6.45, 7) is 4.15. The molecule has 0 fully saturated rings. The van der Waals surface area contributed by atoms with Gasteiger partial charge in [0.2, 0.25) is 5.76 Å². The maximum absolute atomic E-state index is 12.8. The van der Waals surface area contributed by atoms with Crippen molar-refractivity contribution in [3.63, 3.8) is 0 Å². The topological polar surface area (TPSA) is 85.3 Å². The highest BCUT2D eigenvalue weighted by Crippen LogP contribution is 2.22. The molecule has 6 nitrogen and oxygen atoms in total. The largest absolute Gasteiger partial charge is 0.475 e. The molecular formula is C16H16N2O4S. The molecule has 0 amide bonds. The number of hydrogen-bond donors (Lipinski definition) is 1. The molecule has 0 atom stereocenters. The van der Waals surface area contributed by atoms with Gasteiger partial charge >= 0.3 is 5.97 Å². The van der Waals surface area contributed by atoms with Crippen LogP contribution in [0.25, 0.3) is 10.2 Å². The van der Waals surface area contributed by atoms with Crippen LogP contribution in [-0.4, -0.2) is 20.6 Å². The van der Waals surface area contributed by atoms with E-state index in [4.69, 9.17) is 9.52 Å². The van der Waals surface area contributed by atoms with Crippen molar-refractivity contribution in [2.24, 2.45) is 0 Å². The molecule has 0 aliphatic carbocycles. The summed E-state index contributed by atoms with van der Waals surface area (Å²) in [6.07, 6.45) is 1.47. The first-order valence-corrected chi connectivity index (χ1v) is 8.19. The van der Waals surface area contributed by atoms with Gasteiger partial charge in [-0.1, -0.05) is 13.8 Å². The second-order valence-electron chi connectivity index (χ2n) is 5.13. The highest BCUT2D eigenvalue weighted by atomic mass is 32.1. The third-order valence-electron chi connectivity index (χ3n) is 3.63. The molecule has 0 spiro atoms. The summed E-state index contributed by atoms with van der Waals surface area (Å²) >= 11 is 1.54. The van der Waals surface area contributed by atoms with E-state index in [1.807, 2.05) is 19.9 Å².